The van der Waals surface area contributed by atoms with E-state index in [4.69, 9.17) is 15.9 Å². The van der Waals surface area contributed by atoms with Crippen LogP contribution in [0, 0.1) is 0 Å². The van der Waals surface area contributed by atoms with Gasteiger partial charge in [0.1, 0.15) is 0 Å². The van der Waals surface area contributed by atoms with E-state index in [2.05, 4.69) is 0 Å². The molecule has 1 aliphatic heterocycles. The first-order chi connectivity index (χ1) is 9.40. The number of hydrogen-bond donors (Lipinski definition) is 3. The van der Waals surface area contributed by atoms with E-state index < -0.39 is 18.0 Å². The van der Waals surface area contributed by atoms with Crippen molar-refractivity contribution in [3.8, 4) is 0 Å². The van der Waals surface area contributed by atoms with Gasteiger partial charge in [0.15, 0.2) is 0 Å². The number of aliphatic carboxylic acids is 2. The molecule has 1 amide bonds. The topological polar surface area (TPSA) is 124 Å². The summed E-state index contributed by atoms with van der Waals surface area (Å²) in [6.07, 6.45) is 0.102. The Morgan fingerprint density at radius 3 is 2.05 bits per heavy atom. The molecule has 1 aliphatic rings. The second kappa shape index (κ2) is 7.81. The first-order valence-corrected chi connectivity index (χ1v) is 6.60. The van der Waals surface area contributed by atoms with E-state index in [9.17, 15) is 14.4 Å². The third kappa shape index (κ3) is 5.54. The van der Waals surface area contributed by atoms with Crippen LogP contribution in [0.4, 0.5) is 0 Å². The molecule has 0 aliphatic carbocycles. The predicted molar refractivity (Wildman–Crippen MR) is 70.1 cm³/mol. The molecule has 0 spiro atoms. The van der Waals surface area contributed by atoms with E-state index in [1.807, 2.05) is 4.90 Å². The molecule has 0 radical (unpaired) electrons. The molecule has 8 nitrogen and oxygen atoms in total. The standard InChI is InChI=1S/C12H21N3O5/c13-9(1-2-10(16)17)12(20)15-7-5-14(6-8-15)4-3-11(18)19/h9H,1-8,13H2,(H,16,17)(H,18,19). The van der Waals surface area contributed by atoms with E-state index in [0.717, 1.165) is 0 Å². The van der Waals surface area contributed by atoms with E-state index in [1.54, 1.807) is 4.90 Å². The Morgan fingerprint density at radius 2 is 1.55 bits per heavy atom. The van der Waals surface area contributed by atoms with E-state index in [-0.39, 0.29) is 25.2 Å². The summed E-state index contributed by atoms with van der Waals surface area (Å²) in [4.78, 5) is 36.5. The first kappa shape index (κ1) is 16.4. The van der Waals surface area contributed by atoms with Crippen LogP contribution in [0.3, 0.4) is 0 Å². The highest BCUT2D eigenvalue weighted by molar-refractivity contribution is 5.82. The average molecular weight is 287 g/mol. The fourth-order valence-corrected chi connectivity index (χ4v) is 2.08. The second-order valence-electron chi connectivity index (χ2n) is 4.85. The Hall–Kier alpha value is -1.67. The zero-order valence-electron chi connectivity index (χ0n) is 11.3. The van der Waals surface area contributed by atoms with Gasteiger partial charge in [0, 0.05) is 39.1 Å². The van der Waals surface area contributed by atoms with Crippen molar-refractivity contribution >= 4 is 17.8 Å². The van der Waals surface area contributed by atoms with Gasteiger partial charge >= 0.3 is 11.9 Å². The lowest BCUT2D eigenvalue weighted by atomic mass is 10.1. The number of amides is 1. The quantitative estimate of drug-likeness (QED) is 0.537. The van der Waals surface area contributed by atoms with Gasteiger partial charge in [0.2, 0.25) is 5.91 Å². The molecule has 0 aromatic carbocycles. The van der Waals surface area contributed by atoms with Crippen LogP contribution in [0.15, 0.2) is 0 Å². The molecular weight excluding hydrogens is 266 g/mol. The van der Waals surface area contributed by atoms with Gasteiger partial charge in [0.05, 0.1) is 12.5 Å². The Kier molecular flexibility index (Phi) is 6.40. The Labute approximate surface area is 117 Å². The Morgan fingerprint density at radius 1 is 1.00 bits per heavy atom. The summed E-state index contributed by atoms with van der Waals surface area (Å²) in [7, 11) is 0. The highest BCUT2D eigenvalue weighted by atomic mass is 16.4. The average Bonchev–Trinajstić information content (AvgIpc) is 2.42. The lowest BCUT2D eigenvalue weighted by Crippen LogP contribution is -2.53. The molecular formula is C12H21N3O5. The summed E-state index contributed by atoms with van der Waals surface area (Å²) in [6, 6.07) is -0.781. The molecule has 0 aromatic rings. The monoisotopic (exact) mass is 287 g/mol. The van der Waals surface area contributed by atoms with Crippen molar-refractivity contribution in [3.05, 3.63) is 0 Å². The number of piperazine rings is 1. The van der Waals surface area contributed by atoms with Crippen molar-refractivity contribution in [2.75, 3.05) is 32.7 Å². The zero-order valence-corrected chi connectivity index (χ0v) is 11.3. The lowest BCUT2D eigenvalue weighted by Gasteiger charge is -2.35. The van der Waals surface area contributed by atoms with Crippen molar-refractivity contribution in [2.24, 2.45) is 5.73 Å². The largest absolute Gasteiger partial charge is 0.481 e. The van der Waals surface area contributed by atoms with Crippen LogP contribution < -0.4 is 5.73 Å². The summed E-state index contributed by atoms with van der Waals surface area (Å²) in [5.41, 5.74) is 5.68. The lowest BCUT2D eigenvalue weighted by molar-refractivity contribution is -0.140. The number of hydrogen-bond acceptors (Lipinski definition) is 5. The number of rotatable bonds is 7. The van der Waals surface area contributed by atoms with Crippen LogP contribution in [-0.4, -0.2) is 76.6 Å². The maximum atomic E-state index is 12.0. The van der Waals surface area contributed by atoms with Crippen molar-refractivity contribution in [3.63, 3.8) is 0 Å². The molecule has 1 fully saturated rings. The third-order valence-corrected chi connectivity index (χ3v) is 3.31. The molecule has 1 rings (SSSR count). The SMILES string of the molecule is NC(CCC(=O)O)C(=O)N1CCN(CCC(=O)O)CC1. The van der Waals surface area contributed by atoms with Crippen LogP contribution in [0.25, 0.3) is 0 Å². The van der Waals surface area contributed by atoms with E-state index in [0.29, 0.717) is 32.7 Å². The molecule has 0 aromatic heterocycles. The van der Waals surface area contributed by atoms with Crippen molar-refractivity contribution in [2.45, 2.75) is 25.3 Å². The second-order valence-corrected chi connectivity index (χ2v) is 4.85. The molecule has 1 heterocycles. The molecule has 114 valence electrons. The minimum absolute atomic E-state index is 0.0894. The highest BCUT2D eigenvalue weighted by Gasteiger charge is 2.25. The maximum absolute atomic E-state index is 12.0. The number of nitrogens with zero attached hydrogens (tertiary/aromatic N) is 2. The van der Waals surface area contributed by atoms with Crippen LogP contribution in [0.1, 0.15) is 19.3 Å². The molecule has 1 saturated heterocycles. The van der Waals surface area contributed by atoms with Crippen LogP contribution in [0.2, 0.25) is 0 Å². The number of carbonyl (C=O) groups excluding carboxylic acids is 1. The summed E-state index contributed by atoms with van der Waals surface area (Å²) in [5.74, 6) is -2.03. The third-order valence-electron chi connectivity index (χ3n) is 3.31. The van der Waals surface area contributed by atoms with Crippen molar-refractivity contribution < 1.29 is 24.6 Å². The molecule has 1 unspecified atom stereocenters. The van der Waals surface area contributed by atoms with Gasteiger partial charge < -0.3 is 20.8 Å². The van der Waals surface area contributed by atoms with Crippen LogP contribution in [0.5, 0.6) is 0 Å². The number of carboxylic acid groups (broad SMARTS) is 2. The minimum atomic E-state index is -0.966. The summed E-state index contributed by atoms with van der Waals surface area (Å²) in [5, 5.41) is 17.2. The summed E-state index contributed by atoms with van der Waals surface area (Å²) < 4.78 is 0. The van der Waals surface area contributed by atoms with E-state index in [1.165, 1.54) is 0 Å². The van der Waals surface area contributed by atoms with Crippen LogP contribution in [-0.2, 0) is 14.4 Å². The van der Waals surface area contributed by atoms with Gasteiger partial charge in [-0.25, -0.2) is 0 Å². The van der Waals surface area contributed by atoms with Gasteiger partial charge in [-0.2, -0.15) is 0 Å². The summed E-state index contributed by atoms with van der Waals surface area (Å²) in [6.45, 7) is 2.70. The van der Waals surface area contributed by atoms with Gasteiger partial charge in [-0.3, -0.25) is 19.3 Å². The van der Waals surface area contributed by atoms with Crippen LogP contribution >= 0.6 is 0 Å². The number of carboxylic acids is 2. The zero-order chi connectivity index (χ0) is 15.1. The molecule has 20 heavy (non-hydrogen) atoms. The van der Waals surface area contributed by atoms with Crippen molar-refractivity contribution in [1.29, 1.82) is 0 Å². The first-order valence-electron chi connectivity index (χ1n) is 6.60. The molecule has 8 heteroatoms. The fourth-order valence-electron chi connectivity index (χ4n) is 2.08. The Bertz CT molecular complexity index is 366. The minimum Gasteiger partial charge on any atom is -0.481 e. The Balaban J connectivity index is 2.31. The van der Waals surface area contributed by atoms with Gasteiger partial charge in [0.25, 0.3) is 0 Å². The predicted octanol–water partition coefficient (Wildman–Crippen LogP) is -1.20. The van der Waals surface area contributed by atoms with Gasteiger partial charge in [-0.1, -0.05) is 0 Å². The van der Waals surface area contributed by atoms with Crippen molar-refractivity contribution in [1.82, 2.24) is 9.80 Å². The summed E-state index contributed by atoms with van der Waals surface area (Å²) >= 11 is 0. The molecule has 4 N–H and O–H groups in total. The highest BCUT2D eigenvalue weighted by Crippen LogP contribution is 2.06. The molecule has 0 bridgehead atoms. The smallest absolute Gasteiger partial charge is 0.304 e. The molecule has 0 saturated carbocycles. The number of nitrogens with two attached hydrogens (primary N) is 1. The molecule has 1 atom stereocenters. The fraction of sp³-hybridized carbons (Fsp3) is 0.750. The van der Waals surface area contributed by atoms with Gasteiger partial charge in [-0.05, 0) is 6.42 Å². The number of carbonyl (C=O) groups is 3. The maximum Gasteiger partial charge on any atom is 0.304 e. The van der Waals surface area contributed by atoms with Gasteiger partial charge in [-0.15, -0.1) is 0 Å². The normalized spacial score (nSPS) is 17.8. The van der Waals surface area contributed by atoms with E-state index >= 15 is 0 Å².